The first-order chi connectivity index (χ1) is 6.35. The Morgan fingerprint density at radius 1 is 1.62 bits per heavy atom. The molecule has 2 rings (SSSR count). The van der Waals surface area contributed by atoms with Crippen LogP contribution >= 0.6 is 0 Å². The van der Waals surface area contributed by atoms with Crippen molar-refractivity contribution in [2.75, 3.05) is 0 Å². The second-order valence-corrected chi connectivity index (χ2v) is 3.52. The summed E-state index contributed by atoms with van der Waals surface area (Å²) in [6.07, 6.45) is 4.20. The molecule has 1 heterocycles. The molecule has 0 aliphatic heterocycles. The number of rotatable bonds is 4. The molecule has 0 N–H and O–H groups in total. The van der Waals surface area contributed by atoms with Gasteiger partial charge in [-0.3, -0.25) is 4.79 Å². The average Bonchev–Trinajstić information content (AvgIpc) is 2.85. The van der Waals surface area contributed by atoms with E-state index in [9.17, 15) is 4.79 Å². The number of nitrogens with zero attached hydrogens (tertiary/aromatic N) is 3. The molecule has 1 aromatic heterocycles. The molecule has 0 atom stereocenters. The predicted molar refractivity (Wildman–Crippen MR) is 47.5 cm³/mol. The van der Waals surface area contributed by atoms with E-state index < -0.39 is 0 Å². The molecule has 4 nitrogen and oxygen atoms in total. The van der Waals surface area contributed by atoms with Gasteiger partial charge in [0.2, 0.25) is 0 Å². The van der Waals surface area contributed by atoms with Crippen LogP contribution in [0, 0.1) is 5.92 Å². The normalized spacial score (nSPS) is 16.1. The first-order valence-electron chi connectivity index (χ1n) is 4.72. The van der Waals surface area contributed by atoms with E-state index in [4.69, 9.17) is 0 Å². The summed E-state index contributed by atoms with van der Waals surface area (Å²) < 4.78 is 1.88. The zero-order chi connectivity index (χ0) is 9.26. The van der Waals surface area contributed by atoms with Crippen molar-refractivity contribution in [3.8, 4) is 0 Å². The fourth-order valence-corrected chi connectivity index (χ4v) is 1.49. The van der Waals surface area contributed by atoms with E-state index in [1.165, 1.54) is 12.8 Å². The molecule has 1 saturated carbocycles. The summed E-state index contributed by atoms with van der Waals surface area (Å²) in [6.45, 7) is 2.96. The number of hydrogen-bond donors (Lipinski definition) is 0. The van der Waals surface area contributed by atoms with E-state index in [-0.39, 0.29) is 0 Å². The molecule has 1 aliphatic carbocycles. The quantitative estimate of drug-likeness (QED) is 0.649. The fourth-order valence-electron chi connectivity index (χ4n) is 1.49. The van der Waals surface area contributed by atoms with Crippen LogP contribution in [-0.4, -0.2) is 21.3 Å². The molecule has 70 valence electrons. The van der Waals surface area contributed by atoms with E-state index in [1.807, 2.05) is 11.6 Å². The van der Waals surface area contributed by atoms with E-state index in [1.54, 1.807) is 0 Å². The largest absolute Gasteiger partial charge is 0.296 e. The molecule has 1 aliphatic rings. The van der Waals surface area contributed by atoms with Crippen LogP contribution in [0.5, 0.6) is 0 Å². The summed E-state index contributed by atoms with van der Waals surface area (Å²) in [5.74, 6) is 0.770. The summed E-state index contributed by atoms with van der Waals surface area (Å²) in [7, 11) is 0. The van der Waals surface area contributed by atoms with Crippen LogP contribution in [0.4, 0.5) is 0 Å². The van der Waals surface area contributed by atoms with Crippen molar-refractivity contribution >= 4 is 6.29 Å². The molecule has 1 fully saturated rings. The molecule has 4 heteroatoms. The van der Waals surface area contributed by atoms with Gasteiger partial charge in [0, 0.05) is 6.54 Å². The van der Waals surface area contributed by atoms with Gasteiger partial charge in [-0.15, -0.1) is 5.10 Å². The SMILES string of the molecule is CCc1c(C=O)nnn1CC1CC1. The Hall–Kier alpha value is -1.19. The number of aromatic nitrogens is 3. The Morgan fingerprint density at radius 3 is 2.92 bits per heavy atom. The molecule has 13 heavy (non-hydrogen) atoms. The van der Waals surface area contributed by atoms with Crippen molar-refractivity contribution in [2.45, 2.75) is 32.7 Å². The Bertz CT molecular complexity index is 315. The third kappa shape index (κ3) is 1.61. The maximum Gasteiger partial charge on any atom is 0.172 e. The van der Waals surface area contributed by atoms with Gasteiger partial charge in [0.1, 0.15) is 5.69 Å². The van der Waals surface area contributed by atoms with Gasteiger partial charge in [-0.2, -0.15) is 0 Å². The topological polar surface area (TPSA) is 47.8 Å². The Kier molecular flexibility index (Phi) is 2.12. The van der Waals surface area contributed by atoms with Gasteiger partial charge in [-0.05, 0) is 25.2 Å². The molecule has 0 bridgehead atoms. The maximum absolute atomic E-state index is 10.6. The lowest BCUT2D eigenvalue weighted by molar-refractivity contribution is 0.111. The fraction of sp³-hybridized carbons (Fsp3) is 0.667. The van der Waals surface area contributed by atoms with Crippen molar-refractivity contribution in [3.05, 3.63) is 11.4 Å². The maximum atomic E-state index is 10.6. The van der Waals surface area contributed by atoms with E-state index in [0.717, 1.165) is 30.9 Å². The summed E-state index contributed by atoms with van der Waals surface area (Å²) in [5.41, 5.74) is 1.48. The van der Waals surface area contributed by atoms with Gasteiger partial charge in [0.25, 0.3) is 0 Å². The van der Waals surface area contributed by atoms with E-state index in [0.29, 0.717) is 5.69 Å². The monoisotopic (exact) mass is 179 g/mol. The lowest BCUT2D eigenvalue weighted by Crippen LogP contribution is -2.06. The van der Waals surface area contributed by atoms with E-state index >= 15 is 0 Å². The number of carbonyl (C=O) groups is 1. The zero-order valence-corrected chi connectivity index (χ0v) is 7.73. The van der Waals surface area contributed by atoms with Gasteiger partial charge >= 0.3 is 0 Å². The molecule has 0 radical (unpaired) electrons. The first-order valence-corrected chi connectivity index (χ1v) is 4.72. The van der Waals surface area contributed by atoms with Crippen LogP contribution in [0.25, 0.3) is 0 Å². The number of hydrogen-bond acceptors (Lipinski definition) is 3. The second kappa shape index (κ2) is 3.28. The lowest BCUT2D eigenvalue weighted by Gasteiger charge is -2.02. The molecule has 1 aromatic rings. The molecule has 0 amide bonds. The minimum absolute atomic E-state index is 0.503. The minimum atomic E-state index is 0.503. The van der Waals surface area contributed by atoms with Gasteiger partial charge < -0.3 is 0 Å². The van der Waals surface area contributed by atoms with Crippen LogP contribution in [0.1, 0.15) is 35.9 Å². The van der Waals surface area contributed by atoms with Gasteiger partial charge in [-0.1, -0.05) is 12.1 Å². The molecular formula is C9H13N3O. The second-order valence-electron chi connectivity index (χ2n) is 3.52. The molecule has 0 saturated heterocycles. The number of carbonyl (C=O) groups excluding carboxylic acids is 1. The van der Waals surface area contributed by atoms with Gasteiger partial charge in [0.15, 0.2) is 6.29 Å². The third-order valence-electron chi connectivity index (χ3n) is 2.44. The summed E-state index contributed by atoms with van der Waals surface area (Å²) in [6, 6.07) is 0. The molecule has 0 aromatic carbocycles. The molecular weight excluding hydrogens is 166 g/mol. The molecule has 0 unspecified atom stereocenters. The Labute approximate surface area is 76.9 Å². The van der Waals surface area contributed by atoms with Crippen molar-refractivity contribution in [2.24, 2.45) is 5.92 Å². The highest BCUT2D eigenvalue weighted by molar-refractivity contribution is 5.73. The van der Waals surface area contributed by atoms with Crippen molar-refractivity contribution < 1.29 is 4.79 Å². The Balaban J connectivity index is 2.21. The van der Waals surface area contributed by atoms with Crippen LogP contribution in [0.3, 0.4) is 0 Å². The highest BCUT2D eigenvalue weighted by Gasteiger charge is 2.23. The van der Waals surface area contributed by atoms with Crippen LogP contribution < -0.4 is 0 Å². The lowest BCUT2D eigenvalue weighted by atomic mass is 10.2. The van der Waals surface area contributed by atoms with Crippen molar-refractivity contribution in [3.63, 3.8) is 0 Å². The van der Waals surface area contributed by atoms with Crippen LogP contribution in [0.15, 0.2) is 0 Å². The summed E-state index contributed by atoms with van der Waals surface area (Å²) >= 11 is 0. The molecule has 0 spiro atoms. The first kappa shape index (κ1) is 8.41. The van der Waals surface area contributed by atoms with Crippen molar-refractivity contribution in [1.82, 2.24) is 15.0 Å². The highest BCUT2D eigenvalue weighted by atomic mass is 16.1. The highest BCUT2D eigenvalue weighted by Crippen LogP contribution is 2.30. The van der Waals surface area contributed by atoms with Crippen LogP contribution in [0.2, 0.25) is 0 Å². The summed E-state index contributed by atoms with van der Waals surface area (Å²) in [5, 5.41) is 7.80. The van der Waals surface area contributed by atoms with Gasteiger partial charge in [0.05, 0.1) is 5.69 Å². The predicted octanol–water partition coefficient (Wildman–Crippen LogP) is 1.06. The smallest absolute Gasteiger partial charge is 0.172 e. The van der Waals surface area contributed by atoms with Crippen molar-refractivity contribution in [1.29, 1.82) is 0 Å². The van der Waals surface area contributed by atoms with E-state index in [2.05, 4.69) is 10.3 Å². The average molecular weight is 179 g/mol. The zero-order valence-electron chi connectivity index (χ0n) is 7.73. The third-order valence-corrected chi connectivity index (χ3v) is 2.44. The number of aldehydes is 1. The summed E-state index contributed by atoms with van der Waals surface area (Å²) in [4.78, 5) is 10.6. The Morgan fingerprint density at radius 2 is 2.38 bits per heavy atom. The van der Waals surface area contributed by atoms with Gasteiger partial charge in [-0.25, -0.2) is 4.68 Å². The minimum Gasteiger partial charge on any atom is -0.296 e. The van der Waals surface area contributed by atoms with Crippen LogP contribution in [-0.2, 0) is 13.0 Å². The standard InChI is InChI=1S/C9H13N3O/c1-2-9-8(6-13)10-11-12(9)5-7-3-4-7/h6-7H,2-5H2,1H3.